The highest BCUT2D eigenvalue weighted by atomic mass is 79.9. The summed E-state index contributed by atoms with van der Waals surface area (Å²) in [6.45, 7) is 2.39. The Balaban J connectivity index is 2.05. The van der Waals surface area contributed by atoms with Gasteiger partial charge in [-0.05, 0) is 37.6 Å². The summed E-state index contributed by atoms with van der Waals surface area (Å²) in [6.07, 6.45) is 1.69. The number of benzene rings is 1. The van der Waals surface area contributed by atoms with Gasteiger partial charge in [-0.2, -0.15) is 0 Å². The fourth-order valence-corrected chi connectivity index (χ4v) is 2.50. The van der Waals surface area contributed by atoms with Crippen LogP contribution in [-0.2, 0) is 6.54 Å². The molecule has 0 aromatic heterocycles. The van der Waals surface area contributed by atoms with Crippen LogP contribution in [0, 0.1) is 0 Å². The van der Waals surface area contributed by atoms with E-state index in [2.05, 4.69) is 20.8 Å². The van der Waals surface area contributed by atoms with Gasteiger partial charge in [0.1, 0.15) is 5.75 Å². The molecule has 3 nitrogen and oxygen atoms in total. The Morgan fingerprint density at radius 3 is 3.00 bits per heavy atom. The lowest BCUT2D eigenvalue weighted by atomic mass is 10.1. The minimum Gasteiger partial charge on any atom is -0.508 e. The Kier molecular flexibility index (Phi) is 3.84. The van der Waals surface area contributed by atoms with Gasteiger partial charge in [0.15, 0.2) is 0 Å². The van der Waals surface area contributed by atoms with Crippen LogP contribution < -0.4 is 0 Å². The molecule has 2 N–H and O–H groups in total. The van der Waals surface area contributed by atoms with E-state index in [0.29, 0.717) is 18.8 Å². The zero-order valence-electron chi connectivity index (χ0n) is 9.06. The van der Waals surface area contributed by atoms with Crippen LogP contribution in [0.15, 0.2) is 22.7 Å². The molecular weight excluding hydrogens is 270 g/mol. The number of likely N-dealkylation sites (tertiary alicyclic amines) is 1. The molecule has 88 valence electrons. The van der Waals surface area contributed by atoms with Gasteiger partial charge in [0.25, 0.3) is 0 Å². The van der Waals surface area contributed by atoms with E-state index in [4.69, 9.17) is 0 Å². The third-order valence-corrected chi connectivity index (χ3v) is 3.41. The van der Waals surface area contributed by atoms with Crippen molar-refractivity contribution in [1.82, 2.24) is 4.90 Å². The lowest BCUT2D eigenvalue weighted by Gasteiger charge is -2.30. The van der Waals surface area contributed by atoms with E-state index < -0.39 is 0 Å². The molecule has 0 saturated carbocycles. The Labute approximate surface area is 104 Å². The number of halogens is 1. The molecule has 0 amide bonds. The summed E-state index contributed by atoms with van der Waals surface area (Å²) >= 11 is 3.39. The second-order valence-corrected chi connectivity index (χ2v) is 5.22. The molecule has 1 aliphatic rings. The summed E-state index contributed by atoms with van der Waals surface area (Å²) in [5.41, 5.74) is 0.906. The molecule has 1 aromatic rings. The smallest absolute Gasteiger partial charge is 0.120 e. The molecule has 1 atom stereocenters. The largest absolute Gasteiger partial charge is 0.508 e. The first-order chi connectivity index (χ1) is 7.65. The Morgan fingerprint density at radius 2 is 2.25 bits per heavy atom. The fourth-order valence-electron chi connectivity index (χ4n) is 2.10. The second kappa shape index (κ2) is 5.17. The van der Waals surface area contributed by atoms with Crippen LogP contribution in [0.25, 0.3) is 0 Å². The summed E-state index contributed by atoms with van der Waals surface area (Å²) in [6, 6.07) is 5.44. The zero-order chi connectivity index (χ0) is 11.5. The van der Waals surface area contributed by atoms with Crippen LogP contribution in [-0.4, -0.2) is 34.3 Å². The predicted molar refractivity (Wildman–Crippen MR) is 66.3 cm³/mol. The van der Waals surface area contributed by atoms with E-state index in [0.717, 1.165) is 29.4 Å². The van der Waals surface area contributed by atoms with Gasteiger partial charge in [0, 0.05) is 23.1 Å². The molecule has 1 saturated heterocycles. The van der Waals surface area contributed by atoms with Crippen molar-refractivity contribution in [2.24, 2.45) is 0 Å². The first-order valence-electron chi connectivity index (χ1n) is 5.53. The van der Waals surface area contributed by atoms with Crippen LogP contribution in [0.5, 0.6) is 5.75 Å². The van der Waals surface area contributed by atoms with Gasteiger partial charge in [-0.1, -0.05) is 15.9 Å². The number of rotatable bonds is 2. The quantitative estimate of drug-likeness (QED) is 0.875. The molecule has 1 aliphatic heterocycles. The molecule has 0 unspecified atom stereocenters. The number of hydrogen-bond donors (Lipinski definition) is 2. The summed E-state index contributed by atoms with van der Waals surface area (Å²) in [5, 5.41) is 19.3. The van der Waals surface area contributed by atoms with Crippen molar-refractivity contribution in [3.63, 3.8) is 0 Å². The normalized spacial score (nSPS) is 22.2. The topological polar surface area (TPSA) is 43.7 Å². The molecule has 4 heteroatoms. The van der Waals surface area contributed by atoms with Gasteiger partial charge in [-0.15, -0.1) is 0 Å². The van der Waals surface area contributed by atoms with Crippen LogP contribution in [0.3, 0.4) is 0 Å². The molecule has 1 heterocycles. The maximum Gasteiger partial charge on any atom is 0.120 e. The Hall–Kier alpha value is -0.580. The van der Waals surface area contributed by atoms with Crippen LogP contribution in [0.2, 0.25) is 0 Å². The number of β-amino-alcohol motifs (C(OH)–C–C–N with tert-alkyl or cyclic N) is 1. The second-order valence-electron chi connectivity index (χ2n) is 4.30. The molecule has 0 aliphatic carbocycles. The highest BCUT2D eigenvalue weighted by Gasteiger charge is 2.18. The van der Waals surface area contributed by atoms with Crippen LogP contribution >= 0.6 is 15.9 Å². The highest BCUT2D eigenvalue weighted by molar-refractivity contribution is 9.10. The summed E-state index contributed by atoms with van der Waals surface area (Å²) < 4.78 is 0.970. The monoisotopic (exact) mass is 285 g/mol. The minimum atomic E-state index is -0.219. The third kappa shape index (κ3) is 2.97. The van der Waals surface area contributed by atoms with Crippen LogP contribution in [0.4, 0.5) is 0 Å². The van der Waals surface area contributed by atoms with Crippen molar-refractivity contribution in [3.05, 3.63) is 28.2 Å². The molecule has 0 radical (unpaired) electrons. The van der Waals surface area contributed by atoms with Gasteiger partial charge in [0.05, 0.1) is 6.10 Å². The van der Waals surface area contributed by atoms with Gasteiger partial charge >= 0.3 is 0 Å². The van der Waals surface area contributed by atoms with Gasteiger partial charge < -0.3 is 10.2 Å². The van der Waals surface area contributed by atoms with E-state index in [9.17, 15) is 10.2 Å². The number of aliphatic hydroxyl groups excluding tert-OH is 1. The lowest BCUT2D eigenvalue weighted by molar-refractivity contribution is 0.0664. The predicted octanol–water partition coefficient (Wildman–Crippen LogP) is 2.11. The van der Waals surface area contributed by atoms with Gasteiger partial charge in [-0.25, -0.2) is 0 Å². The SMILES string of the molecule is Oc1ccc(Br)cc1CN1CCC[C@H](O)C1. The Morgan fingerprint density at radius 1 is 1.44 bits per heavy atom. The van der Waals surface area contributed by atoms with Crippen molar-refractivity contribution in [2.45, 2.75) is 25.5 Å². The van der Waals surface area contributed by atoms with E-state index in [1.807, 2.05) is 12.1 Å². The molecule has 16 heavy (non-hydrogen) atoms. The zero-order valence-corrected chi connectivity index (χ0v) is 10.7. The van der Waals surface area contributed by atoms with Crippen molar-refractivity contribution in [2.75, 3.05) is 13.1 Å². The first kappa shape index (κ1) is 11.9. The molecule has 0 spiro atoms. The van der Waals surface area contributed by atoms with E-state index in [-0.39, 0.29) is 6.10 Å². The van der Waals surface area contributed by atoms with Crippen LogP contribution in [0.1, 0.15) is 18.4 Å². The molecule has 2 rings (SSSR count). The summed E-state index contributed by atoms with van der Waals surface area (Å²) in [5.74, 6) is 0.322. The molecule has 1 fully saturated rings. The molecular formula is C12H16BrNO2. The molecule has 0 bridgehead atoms. The lowest BCUT2D eigenvalue weighted by Crippen LogP contribution is -2.37. The van der Waals surface area contributed by atoms with Crippen molar-refractivity contribution >= 4 is 15.9 Å². The number of aromatic hydroxyl groups is 1. The summed E-state index contributed by atoms with van der Waals surface area (Å²) in [7, 11) is 0. The average molecular weight is 286 g/mol. The highest BCUT2D eigenvalue weighted by Crippen LogP contribution is 2.24. The minimum absolute atomic E-state index is 0.219. The number of phenolic OH excluding ortho intramolecular Hbond substituents is 1. The average Bonchev–Trinajstić information content (AvgIpc) is 2.24. The van der Waals surface area contributed by atoms with Gasteiger partial charge in [0.2, 0.25) is 0 Å². The number of hydrogen-bond acceptors (Lipinski definition) is 3. The molecule has 1 aromatic carbocycles. The fraction of sp³-hybridized carbons (Fsp3) is 0.500. The van der Waals surface area contributed by atoms with Crippen molar-refractivity contribution < 1.29 is 10.2 Å². The first-order valence-corrected chi connectivity index (χ1v) is 6.32. The number of nitrogens with zero attached hydrogens (tertiary/aromatic N) is 1. The van der Waals surface area contributed by atoms with Crippen molar-refractivity contribution in [3.8, 4) is 5.75 Å². The third-order valence-electron chi connectivity index (χ3n) is 2.92. The van der Waals surface area contributed by atoms with Crippen molar-refractivity contribution in [1.29, 1.82) is 0 Å². The van der Waals surface area contributed by atoms with E-state index in [1.165, 1.54) is 0 Å². The van der Waals surface area contributed by atoms with E-state index >= 15 is 0 Å². The maximum absolute atomic E-state index is 9.72. The standard InChI is InChI=1S/C12H16BrNO2/c13-10-3-4-12(16)9(6-10)7-14-5-1-2-11(15)8-14/h3-4,6,11,15-16H,1-2,5,7-8H2/t11-/m0/s1. The number of aliphatic hydroxyl groups is 1. The maximum atomic E-state index is 9.72. The Bertz CT molecular complexity index is 370. The van der Waals surface area contributed by atoms with E-state index in [1.54, 1.807) is 6.07 Å². The van der Waals surface area contributed by atoms with Gasteiger partial charge in [-0.3, -0.25) is 4.90 Å². The number of phenols is 1. The number of piperidine rings is 1. The summed E-state index contributed by atoms with van der Waals surface area (Å²) in [4.78, 5) is 2.18.